The number of sulfone groups is 1. The van der Waals surface area contributed by atoms with Crippen LogP contribution < -0.4 is 10.4 Å². The zero-order valence-corrected chi connectivity index (χ0v) is 22.0. The normalized spacial score (nSPS) is 13.1. The van der Waals surface area contributed by atoms with Crippen LogP contribution >= 0.6 is 0 Å². The molecular formula is C26H30O2SSi2. The van der Waals surface area contributed by atoms with Gasteiger partial charge in [-0.25, -0.2) is 8.42 Å². The van der Waals surface area contributed by atoms with Crippen molar-refractivity contribution in [2.45, 2.75) is 49.1 Å². The van der Waals surface area contributed by atoms with Gasteiger partial charge < -0.3 is 0 Å². The summed E-state index contributed by atoms with van der Waals surface area (Å²) in [7, 11) is -7.57. The number of fused-ring (bicyclic) bond motifs is 2. The minimum Gasteiger partial charge on any atom is -0.218 e. The Morgan fingerprint density at radius 1 is 0.548 bits per heavy atom. The van der Waals surface area contributed by atoms with E-state index in [4.69, 9.17) is 0 Å². The van der Waals surface area contributed by atoms with Gasteiger partial charge in [0, 0.05) is 11.1 Å². The largest absolute Gasteiger partial charge is 0.218 e. The third-order valence-electron chi connectivity index (χ3n) is 5.88. The van der Waals surface area contributed by atoms with Crippen molar-refractivity contribution in [1.82, 2.24) is 0 Å². The highest BCUT2D eigenvalue weighted by Crippen LogP contribution is 2.39. The Morgan fingerprint density at radius 3 is 1.26 bits per heavy atom. The number of rotatable bonds is 4. The molecule has 0 saturated carbocycles. The lowest BCUT2D eigenvalue weighted by molar-refractivity contribution is 0.598. The van der Waals surface area contributed by atoms with E-state index in [1.54, 1.807) is 0 Å². The Morgan fingerprint density at radius 2 is 0.903 bits per heavy atom. The summed E-state index contributed by atoms with van der Waals surface area (Å²) in [6.45, 7) is 13.3. The number of hydrogen-bond acceptors (Lipinski definition) is 2. The first-order valence-corrected chi connectivity index (χ1v) is 19.2. The summed E-state index contributed by atoms with van der Waals surface area (Å²) in [5.41, 5.74) is 3.66. The van der Waals surface area contributed by atoms with Gasteiger partial charge in [-0.3, -0.25) is 0 Å². The maximum absolute atomic E-state index is 14.6. The molecule has 0 bridgehead atoms. The molecule has 4 aliphatic rings. The Hall–Kier alpha value is -2.22. The highest BCUT2D eigenvalue weighted by Gasteiger charge is 2.39. The highest BCUT2D eigenvalue weighted by atomic mass is 32.2. The van der Waals surface area contributed by atoms with Gasteiger partial charge in [-0.2, -0.15) is 0 Å². The molecule has 0 fully saturated rings. The fraction of sp³-hybridized carbons (Fsp3) is 0.231. The summed E-state index contributed by atoms with van der Waals surface area (Å²) in [6, 6.07) is 24.0. The molecule has 0 saturated heterocycles. The summed E-state index contributed by atoms with van der Waals surface area (Å²) in [5, 5.41) is 2.04. The second kappa shape index (κ2) is 7.43. The topological polar surface area (TPSA) is 34.1 Å². The van der Waals surface area contributed by atoms with E-state index in [0.717, 1.165) is 32.6 Å². The van der Waals surface area contributed by atoms with Crippen LogP contribution in [0.5, 0.6) is 0 Å². The SMILES string of the molecule is C[Si](C)(C)c1cc2cccccc-2c1S(=O)(=O)c1c2cccccc-2cc1[Si](C)(C)C. The van der Waals surface area contributed by atoms with E-state index >= 15 is 0 Å². The lowest BCUT2D eigenvalue weighted by Gasteiger charge is -2.21. The van der Waals surface area contributed by atoms with Gasteiger partial charge in [-0.15, -0.1) is 0 Å². The third-order valence-corrected chi connectivity index (χ3v) is 12.2. The zero-order valence-electron chi connectivity index (χ0n) is 19.2. The molecule has 2 nitrogen and oxygen atoms in total. The van der Waals surface area contributed by atoms with Crippen LogP contribution in [0.4, 0.5) is 0 Å². The van der Waals surface area contributed by atoms with Gasteiger partial charge in [0.2, 0.25) is 9.84 Å². The van der Waals surface area contributed by atoms with Crippen LogP contribution in [-0.2, 0) is 9.84 Å². The summed E-state index contributed by atoms with van der Waals surface area (Å²) in [5.74, 6) is 0. The van der Waals surface area contributed by atoms with Crippen molar-refractivity contribution in [1.29, 1.82) is 0 Å². The molecular weight excluding hydrogens is 433 g/mol. The summed E-state index contributed by atoms with van der Waals surface area (Å²) in [6.07, 6.45) is 0. The van der Waals surface area contributed by atoms with E-state index in [0.29, 0.717) is 9.79 Å². The summed E-state index contributed by atoms with van der Waals surface area (Å²) >= 11 is 0. The van der Waals surface area contributed by atoms with Gasteiger partial charge in [0.25, 0.3) is 0 Å². The minimum absolute atomic E-state index is 0.524. The maximum Gasteiger partial charge on any atom is 0.207 e. The standard InChI is InChI=1S/C26H30O2SSi2/c1-30(2,3)23-17-19-13-9-7-11-15-21(19)25(23)29(27,28)26-22-16-12-8-10-14-20(22)18-24(26)31(4,5)6/h7-18H,1-6H3. The molecule has 0 aromatic rings. The smallest absolute Gasteiger partial charge is 0.207 e. The van der Waals surface area contributed by atoms with Crippen molar-refractivity contribution >= 4 is 36.4 Å². The molecule has 4 rings (SSSR count). The van der Waals surface area contributed by atoms with E-state index in [-0.39, 0.29) is 0 Å². The van der Waals surface area contributed by atoms with Crippen molar-refractivity contribution in [3.05, 3.63) is 72.8 Å². The fourth-order valence-corrected chi connectivity index (χ4v) is 11.6. The molecule has 31 heavy (non-hydrogen) atoms. The molecule has 4 aliphatic carbocycles. The first-order valence-electron chi connectivity index (χ1n) is 10.7. The van der Waals surface area contributed by atoms with Crippen molar-refractivity contribution in [2.24, 2.45) is 0 Å². The molecule has 0 atom stereocenters. The first kappa shape index (κ1) is 22.0. The molecule has 0 spiro atoms. The third kappa shape index (κ3) is 3.79. The number of hydrogen-bond donors (Lipinski definition) is 0. The molecule has 0 aromatic heterocycles. The second-order valence-electron chi connectivity index (χ2n) is 10.3. The van der Waals surface area contributed by atoms with Gasteiger partial charge in [-0.1, -0.05) is 112 Å². The van der Waals surface area contributed by atoms with Crippen LogP contribution in [0, 0.1) is 0 Å². The molecule has 0 unspecified atom stereocenters. The van der Waals surface area contributed by atoms with Gasteiger partial charge in [0.05, 0.1) is 25.9 Å². The molecule has 0 radical (unpaired) electrons. The van der Waals surface area contributed by atoms with Gasteiger partial charge >= 0.3 is 0 Å². The Balaban J connectivity index is 2.15. The maximum atomic E-state index is 14.6. The van der Waals surface area contributed by atoms with Crippen molar-refractivity contribution < 1.29 is 8.42 Å². The van der Waals surface area contributed by atoms with Gasteiger partial charge in [0.1, 0.15) is 0 Å². The predicted molar refractivity (Wildman–Crippen MR) is 138 cm³/mol. The van der Waals surface area contributed by atoms with Crippen molar-refractivity contribution in [3.8, 4) is 22.3 Å². The minimum atomic E-state index is -3.72. The molecule has 0 N–H and O–H groups in total. The Bertz CT molecular complexity index is 1220. The molecule has 0 amide bonds. The fourth-order valence-electron chi connectivity index (χ4n) is 4.32. The van der Waals surface area contributed by atoms with Crippen LogP contribution in [0.2, 0.25) is 39.3 Å². The van der Waals surface area contributed by atoms with Crippen LogP contribution in [0.1, 0.15) is 0 Å². The monoisotopic (exact) mass is 462 g/mol. The van der Waals surface area contributed by atoms with Crippen LogP contribution in [0.15, 0.2) is 82.6 Å². The quantitative estimate of drug-likeness (QED) is 0.358. The van der Waals surface area contributed by atoms with Gasteiger partial charge in [0.15, 0.2) is 0 Å². The zero-order chi connectivity index (χ0) is 22.6. The highest BCUT2D eigenvalue weighted by molar-refractivity contribution is 7.92. The lowest BCUT2D eigenvalue weighted by Crippen LogP contribution is -2.42. The molecule has 0 aliphatic heterocycles. The predicted octanol–water partition coefficient (Wildman–Crippen LogP) is 5.82. The lowest BCUT2D eigenvalue weighted by atomic mass is 10.2. The molecule has 5 heteroatoms. The van der Waals surface area contributed by atoms with Crippen LogP contribution in [0.3, 0.4) is 0 Å². The molecule has 0 aromatic carbocycles. The van der Waals surface area contributed by atoms with E-state index in [9.17, 15) is 8.42 Å². The summed E-state index contributed by atoms with van der Waals surface area (Å²) < 4.78 is 29.1. The van der Waals surface area contributed by atoms with E-state index in [1.807, 2.05) is 60.7 Å². The van der Waals surface area contributed by atoms with E-state index in [1.165, 1.54) is 0 Å². The van der Waals surface area contributed by atoms with Gasteiger partial charge in [-0.05, 0) is 21.5 Å². The Kier molecular flexibility index (Phi) is 5.27. The van der Waals surface area contributed by atoms with E-state index in [2.05, 4.69) is 51.4 Å². The summed E-state index contributed by atoms with van der Waals surface area (Å²) in [4.78, 5) is 1.05. The van der Waals surface area contributed by atoms with Crippen LogP contribution in [-0.4, -0.2) is 24.6 Å². The second-order valence-corrected chi connectivity index (χ2v) is 22.2. The van der Waals surface area contributed by atoms with Crippen LogP contribution in [0.25, 0.3) is 22.3 Å². The van der Waals surface area contributed by atoms with Crippen molar-refractivity contribution in [3.63, 3.8) is 0 Å². The van der Waals surface area contributed by atoms with Crippen molar-refractivity contribution in [2.75, 3.05) is 0 Å². The molecule has 160 valence electrons. The Labute approximate surface area is 188 Å². The average molecular weight is 463 g/mol. The molecule has 0 heterocycles. The average Bonchev–Trinajstić information content (AvgIpc) is 3.03. The van der Waals surface area contributed by atoms with E-state index < -0.39 is 26.0 Å². The first-order chi connectivity index (χ1) is 14.4.